The summed E-state index contributed by atoms with van der Waals surface area (Å²) in [7, 11) is 0. The van der Waals surface area contributed by atoms with Crippen molar-refractivity contribution in [2.45, 2.75) is 155 Å². The molecular formula is C29H56N2O4. The smallest absolute Gasteiger partial charge is 0.303 e. The lowest BCUT2D eigenvalue weighted by Gasteiger charge is -2.13. The molecule has 35 heavy (non-hydrogen) atoms. The number of amides is 2. The first kappa shape index (κ1) is 33.4. The lowest BCUT2D eigenvalue weighted by Crippen LogP contribution is -2.30. The Kier molecular flexibility index (Phi) is 24.3. The van der Waals surface area contributed by atoms with Crippen molar-refractivity contribution in [1.82, 2.24) is 5.32 Å². The maximum atomic E-state index is 12.0. The Morgan fingerprint density at radius 1 is 0.629 bits per heavy atom. The molecule has 0 spiro atoms. The Hall–Kier alpha value is -1.59. The molecule has 0 bridgehead atoms. The minimum absolute atomic E-state index is 0.0663. The Labute approximate surface area is 215 Å². The fourth-order valence-corrected chi connectivity index (χ4v) is 4.58. The third-order valence-corrected chi connectivity index (χ3v) is 6.92. The van der Waals surface area contributed by atoms with Gasteiger partial charge < -0.3 is 16.2 Å². The molecule has 1 atom stereocenters. The van der Waals surface area contributed by atoms with Crippen LogP contribution in [0, 0.1) is 5.92 Å². The molecule has 0 aromatic carbocycles. The number of aliphatic carboxylic acids is 1. The number of hydrogen-bond donors (Lipinski definition) is 3. The number of nitrogens with one attached hydrogen (secondary N) is 1. The highest BCUT2D eigenvalue weighted by Crippen LogP contribution is 2.15. The molecule has 4 N–H and O–H groups in total. The summed E-state index contributed by atoms with van der Waals surface area (Å²) in [5, 5.41) is 11.6. The molecular weight excluding hydrogens is 440 g/mol. The van der Waals surface area contributed by atoms with E-state index in [0.717, 1.165) is 32.1 Å². The summed E-state index contributed by atoms with van der Waals surface area (Å²) in [4.78, 5) is 34.2. The third-order valence-electron chi connectivity index (χ3n) is 6.92. The summed E-state index contributed by atoms with van der Waals surface area (Å²) < 4.78 is 0. The van der Waals surface area contributed by atoms with E-state index in [1.54, 1.807) is 0 Å². The maximum absolute atomic E-state index is 12.0. The number of unbranched alkanes of at least 4 members (excludes halogenated alkanes) is 17. The Morgan fingerprint density at radius 3 is 1.51 bits per heavy atom. The van der Waals surface area contributed by atoms with Crippen molar-refractivity contribution in [1.29, 1.82) is 0 Å². The molecule has 0 aliphatic carbocycles. The summed E-state index contributed by atoms with van der Waals surface area (Å²) in [5.74, 6) is -1.23. The van der Waals surface area contributed by atoms with Crippen molar-refractivity contribution in [2.75, 3.05) is 6.54 Å². The van der Waals surface area contributed by atoms with Crippen molar-refractivity contribution in [3.8, 4) is 0 Å². The van der Waals surface area contributed by atoms with Crippen LogP contribution < -0.4 is 11.1 Å². The molecule has 0 radical (unpaired) electrons. The van der Waals surface area contributed by atoms with E-state index >= 15 is 0 Å². The highest BCUT2D eigenvalue weighted by Gasteiger charge is 2.15. The second-order valence-corrected chi connectivity index (χ2v) is 10.3. The van der Waals surface area contributed by atoms with Crippen LogP contribution in [0.5, 0.6) is 0 Å². The van der Waals surface area contributed by atoms with Crippen LogP contribution in [0.15, 0.2) is 0 Å². The van der Waals surface area contributed by atoms with Gasteiger partial charge in [-0.25, -0.2) is 0 Å². The number of carbonyl (C=O) groups is 3. The van der Waals surface area contributed by atoms with E-state index in [4.69, 9.17) is 10.8 Å². The zero-order valence-corrected chi connectivity index (χ0v) is 22.8. The van der Waals surface area contributed by atoms with Crippen LogP contribution in [-0.4, -0.2) is 29.4 Å². The summed E-state index contributed by atoms with van der Waals surface area (Å²) in [6.07, 6.45) is 25.0. The molecule has 0 aromatic rings. The second kappa shape index (κ2) is 25.5. The fraction of sp³-hybridized carbons (Fsp3) is 0.897. The van der Waals surface area contributed by atoms with Crippen LogP contribution in [0.4, 0.5) is 0 Å². The first-order valence-electron chi connectivity index (χ1n) is 14.7. The summed E-state index contributed by atoms with van der Waals surface area (Å²) >= 11 is 0. The number of nitrogens with two attached hydrogens (primary N) is 1. The number of carboxylic acid groups (broad SMARTS) is 1. The second-order valence-electron chi connectivity index (χ2n) is 10.3. The van der Waals surface area contributed by atoms with Gasteiger partial charge in [0.15, 0.2) is 0 Å². The van der Waals surface area contributed by atoms with Gasteiger partial charge in [0.05, 0.1) is 0 Å². The van der Waals surface area contributed by atoms with Gasteiger partial charge in [0, 0.05) is 25.3 Å². The first-order chi connectivity index (χ1) is 17.0. The van der Waals surface area contributed by atoms with Crippen LogP contribution in [0.25, 0.3) is 0 Å². The van der Waals surface area contributed by atoms with Crippen LogP contribution in [0.1, 0.15) is 155 Å². The van der Waals surface area contributed by atoms with E-state index < -0.39 is 5.97 Å². The fourth-order valence-electron chi connectivity index (χ4n) is 4.58. The average molecular weight is 497 g/mol. The number of carboxylic acids is 1. The van der Waals surface area contributed by atoms with Crippen LogP contribution in [0.2, 0.25) is 0 Å². The van der Waals surface area contributed by atoms with E-state index in [-0.39, 0.29) is 24.2 Å². The van der Waals surface area contributed by atoms with Gasteiger partial charge in [0.2, 0.25) is 11.8 Å². The van der Waals surface area contributed by atoms with E-state index in [1.807, 2.05) is 0 Å². The lowest BCUT2D eigenvalue weighted by molar-refractivity contribution is -0.137. The van der Waals surface area contributed by atoms with Crippen molar-refractivity contribution in [3.63, 3.8) is 0 Å². The minimum Gasteiger partial charge on any atom is -0.481 e. The molecule has 0 heterocycles. The predicted octanol–water partition coefficient (Wildman–Crippen LogP) is 7.28. The van der Waals surface area contributed by atoms with Crippen molar-refractivity contribution >= 4 is 17.8 Å². The van der Waals surface area contributed by atoms with Gasteiger partial charge in [-0.05, 0) is 25.7 Å². The largest absolute Gasteiger partial charge is 0.481 e. The Bertz CT molecular complexity index is 525. The molecule has 0 aliphatic rings. The molecule has 0 rings (SSSR count). The molecule has 206 valence electrons. The molecule has 0 saturated heterocycles. The molecule has 0 aliphatic heterocycles. The standard InChI is InChI=1S/C29H56N2O4/c1-2-3-4-5-6-7-8-9-10-11-12-13-14-15-19-22-27(32)31-25-24-26(29(30)35)21-18-16-17-20-23-28(33)34/h26H,2-25H2,1H3,(H2,30,35)(H,31,32)(H,33,34). The quantitative estimate of drug-likeness (QED) is 0.104. The van der Waals surface area contributed by atoms with E-state index in [0.29, 0.717) is 32.2 Å². The molecule has 0 aromatic heterocycles. The van der Waals surface area contributed by atoms with Gasteiger partial charge in [-0.2, -0.15) is 0 Å². The van der Waals surface area contributed by atoms with Crippen LogP contribution >= 0.6 is 0 Å². The Balaban J connectivity index is 3.50. The molecule has 6 nitrogen and oxygen atoms in total. The lowest BCUT2D eigenvalue weighted by atomic mass is 9.96. The molecule has 0 fully saturated rings. The Morgan fingerprint density at radius 2 is 1.06 bits per heavy atom. The highest BCUT2D eigenvalue weighted by molar-refractivity contribution is 5.77. The van der Waals surface area contributed by atoms with Gasteiger partial charge in [-0.15, -0.1) is 0 Å². The number of rotatable bonds is 27. The van der Waals surface area contributed by atoms with Crippen molar-refractivity contribution in [2.24, 2.45) is 11.7 Å². The number of primary amides is 1. The third kappa shape index (κ3) is 25.3. The zero-order chi connectivity index (χ0) is 26.0. The minimum atomic E-state index is -0.764. The van der Waals surface area contributed by atoms with Crippen molar-refractivity contribution < 1.29 is 19.5 Å². The molecule has 0 saturated carbocycles. The zero-order valence-electron chi connectivity index (χ0n) is 22.8. The SMILES string of the molecule is CCCCCCCCCCCCCCCCCC(=O)NCCC(CCCCCCC(=O)O)C(N)=O. The summed E-state index contributed by atoms with van der Waals surface area (Å²) in [6.45, 7) is 2.76. The molecule has 2 amide bonds. The average Bonchev–Trinajstić information content (AvgIpc) is 2.82. The van der Waals surface area contributed by atoms with Gasteiger partial charge in [-0.3, -0.25) is 14.4 Å². The maximum Gasteiger partial charge on any atom is 0.303 e. The topological polar surface area (TPSA) is 109 Å². The van der Waals surface area contributed by atoms with E-state index in [9.17, 15) is 14.4 Å². The highest BCUT2D eigenvalue weighted by atomic mass is 16.4. The molecule has 1 unspecified atom stereocenters. The van der Waals surface area contributed by atoms with Crippen LogP contribution in [-0.2, 0) is 14.4 Å². The van der Waals surface area contributed by atoms with E-state index in [2.05, 4.69) is 12.2 Å². The summed E-state index contributed by atoms with van der Waals surface area (Å²) in [5.41, 5.74) is 5.50. The summed E-state index contributed by atoms with van der Waals surface area (Å²) in [6, 6.07) is 0. The van der Waals surface area contributed by atoms with Gasteiger partial charge in [0.25, 0.3) is 0 Å². The predicted molar refractivity (Wildman–Crippen MR) is 145 cm³/mol. The van der Waals surface area contributed by atoms with Gasteiger partial charge in [-0.1, -0.05) is 116 Å². The van der Waals surface area contributed by atoms with Gasteiger partial charge in [0.1, 0.15) is 0 Å². The monoisotopic (exact) mass is 496 g/mol. The molecule has 6 heteroatoms. The van der Waals surface area contributed by atoms with Crippen LogP contribution in [0.3, 0.4) is 0 Å². The number of hydrogen-bond acceptors (Lipinski definition) is 3. The van der Waals surface area contributed by atoms with Crippen molar-refractivity contribution in [3.05, 3.63) is 0 Å². The van der Waals surface area contributed by atoms with E-state index in [1.165, 1.54) is 83.5 Å². The number of carbonyl (C=O) groups excluding carboxylic acids is 2. The normalized spacial score (nSPS) is 11.9. The first-order valence-corrected chi connectivity index (χ1v) is 14.7. The van der Waals surface area contributed by atoms with Gasteiger partial charge >= 0.3 is 5.97 Å².